The second-order valence-electron chi connectivity index (χ2n) is 2.95. The number of rotatable bonds is 3. The molecule has 0 radical (unpaired) electrons. The highest BCUT2D eigenvalue weighted by molar-refractivity contribution is 5.17. The third-order valence-electron chi connectivity index (χ3n) is 2.05. The van der Waals surface area contributed by atoms with Crippen molar-refractivity contribution >= 4 is 0 Å². The summed E-state index contributed by atoms with van der Waals surface area (Å²) in [5.74, 6) is 1.76. The number of allylic oxidation sites excluding steroid dienone is 3. The average molecular weight is 152 g/mol. The highest BCUT2D eigenvalue weighted by Gasteiger charge is 2.06. The topological polar surface area (TPSA) is 9.23 Å². The van der Waals surface area contributed by atoms with Crippen LogP contribution in [0.1, 0.15) is 26.2 Å². The second-order valence-corrected chi connectivity index (χ2v) is 2.95. The standard InChI is InChI=1S/C10H16O/c1-3-4-9-5-7-10(11-2)8-6-9/h5,7-9H,3-4,6H2,1-2H3. The molecule has 0 aromatic heterocycles. The van der Waals surface area contributed by atoms with E-state index in [1.807, 2.05) is 0 Å². The van der Waals surface area contributed by atoms with Crippen molar-refractivity contribution in [2.75, 3.05) is 7.11 Å². The van der Waals surface area contributed by atoms with Crippen molar-refractivity contribution in [3.05, 3.63) is 24.0 Å². The van der Waals surface area contributed by atoms with E-state index >= 15 is 0 Å². The minimum Gasteiger partial charge on any atom is -0.497 e. The van der Waals surface area contributed by atoms with Crippen molar-refractivity contribution < 1.29 is 4.74 Å². The zero-order valence-electron chi connectivity index (χ0n) is 7.34. The van der Waals surface area contributed by atoms with E-state index in [1.54, 1.807) is 7.11 Å². The maximum Gasteiger partial charge on any atom is 0.114 e. The van der Waals surface area contributed by atoms with Gasteiger partial charge in [0, 0.05) is 0 Å². The van der Waals surface area contributed by atoms with E-state index in [2.05, 4.69) is 25.2 Å². The van der Waals surface area contributed by atoms with E-state index < -0.39 is 0 Å². The molecule has 0 fully saturated rings. The summed E-state index contributed by atoms with van der Waals surface area (Å²) in [7, 11) is 1.72. The number of ether oxygens (including phenoxy) is 1. The van der Waals surface area contributed by atoms with Gasteiger partial charge >= 0.3 is 0 Å². The molecule has 0 N–H and O–H groups in total. The first-order chi connectivity index (χ1) is 5.36. The SMILES string of the molecule is CCCC1C=CC(OC)=CC1. The summed E-state index contributed by atoms with van der Waals surface area (Å²) in [5.41, 5.74) is 0. The van der Waals surface area contributed by atoms with Gasteiger partial charge in [0.05, 0.1) is 7.11 Å². The van der Waals surface area contributed by atoms with E-state index in [4.69, 9.17) is 4.74 Å². The fraction of sp³-hybridized carbons (Fsp3) is 0.600. The normalized spacial score (nSPS) is 23.1. The molecule has 0 bridgehead atoms. The molecule has 0 aromatic carbocycles. The van der Waals surface area contributed by atoms with Crippen molar-refractivity contribution in [1.29, 1.82) is 0 Å². The Morgan fingerprint density at radius 1 is 1.64 bits per heavy atom. The van der Waals surface area contributed by atoms with Gasteiger partial charge in [0.25, 0.3) is 0 Å². The number of hydrogen-bond donors (Lipinski definition) is 0. The largest absolute Gasteiger partial charge is 0.497 e. The Kier molecular flexibility index (Phi) is 3.21. The Labute approximate surface area is 68.8 Å². The molecule has 0 saturated heterocycles. The minimum absolute atomic E-state index is 0.749. The summed E-state index contributed by atoms with van der Waals surface area (Å²) in [5, 5.41) is 0. The van der Waals surface area contributed by atoms with Crippen LogP contribution in [-0.4, -0.2) is 7.11 Å². The quantitative estimate of drug-likeness (QED) is 0.604. The molecule has 11 heavy (non-hydrogen) atoms. The predicted molar refractivity (Wildman–Crippen MR) is 47.2 cm³/mol. The van der Waals surface area contributed by atoms with Crippen LogP contribution in [-0.2, 0) is 4.74 Å². The Balaban J connectivity index is 2.37. The summed E-state index contributed by atoms with van der Waals surface area (Å²) in [6, 6.07) is 0. The molecule has 1 atom stereocenters. The van der Waals surface area contributed by atoms with Crippen LogP contribution in [0, 0.1) is 5.92 Å². The molecule has 0 amide bonds. The lowest BCUT2D eigenvalue weighted by atomic mass is 9.96. The monoisotopic (exact) mass is 152 g/mol. The zero-order valence-corrected chi connectivity index (χ0v) is 7.34. The molecule has 1 aliphatic rings. The van der Waals surface area contributed by atoms with Crippen molar-refractivity contribution in [1.82, 2.24) is 0 Å². The Hall–Kier alpha value is -0.720. The first-order valence-electron chi connectivity index (χ1n) is 4.29. The maximum atomic E-state index is 5.09. The van der Waals surface area contributed by atoms with Crippen LogP contribution in [0.4, 0.5) is 0 Å². The Morgan fingerprint density at radius 3 is 2.91 bits per heavy atom. The van der Waals surface area contributed by atoms with Gasteiger partial charge < -0.3 is 4.74 Å². The van der Waals surface area contributed by atoms with Gasteiger partial charge in [-0.3, -0.25) is 0 Å². The molecule has 1 heteroatoms. The van der Waals surface area contributed by atoms with Crippen LogP contribution in [0.3, 0.4) is 0 Å². The Bertz CT molecular complexity index is 168. The van der Waals surface area contributed by atoms with E-state index in [0.717, 1.165) is 18.1 Å². The van der Waals surface area contributed by atoms with E-state index in [9.17, 15) is 0 Å². The lowest BCUT2D eigenvalue weighted by Crippen LogP contribution is -1.99. The van der Waals surface area contributed by atoms with Gasteiger partial charge in [-0.1, -0.05) is 19.4 Å². The first kappa shape index (κ1) is 8.38. The molecule has 0 aromatic rings. The molecule has 62 valence electrons. The number of hydrogen-bond acceptors (Lipinski definition) is 1. The summed E-state index contributed by atoms with van der Waals surface area (Å²) in [6.45, 7) is 2.23. The van der Waals surface area contributed by atoms with Gasteiger partial charge in [-0.25, -0.2) is 0 Å². The van der Waals surface area contributed by atoms with Gasteiger partial charge in [-0.15, -0.1) is 0 Å². The molecule has 1 unspecified atom stereocenters. The highest BCUT2D eigenvalue weighted by atomic mass is 16.5. The van der Waals surface area contributed by atoms with Crippen LogP contribution < -0.4 is 0 Å². The van der Waals surface area contributed by atoms with Gasteiger partial charge in [0.1, 0.15) is 5.76 Å². The molecule has 0 saturated carbocycles. The maximum absolute atomic E-state index is 5.09. The van der Waals surface area contributed by atoms with Crippen LogP contribution in [0.15, 0.2) is 24.0 Å². The lowest BCUT2D eigenvalue weighted by molar-refractivity contribution is 0.301. The van der Waals surface area contributed by atoms with Gasteiger partial charge in [0.2, 0.25) is 0 Å². The zero-order chi connectivity index (χ0) is 8.10. The third-order valence-corrected chi connectivity index (χ3v) is 2.05. The van der Waals surface area contributed by atoms with Crippen molar-refractivity contribution in [2.45, 2.75) is 26.2 Å². The minimum atomic E-state index is 0.749. The fourth-order valence-electron chi connectivity index (χ4n) is 1.38. The number of methoxy groups -OCH3 is 1. The molecule has 0 heterocycles. The second kappa shape index (κ2) is 4.22. The Morgan fingerprint density at radius 2 is 2.45 bits per heavy atom. The van der Waals surface area contributed by atoms with E-state index in [-0.39, 0.29) is 0 Å². The molecule has 0 spiro atoms. The molecule has 1 rings (SSSR count). The first-order valence-corrected chi connectivity index (χ1v) is 4.29. The fourth-order valence-corrected chi connectivity index (χ4v) is 1.38. The summed E-state index contributed by atoms with van der Waals surface area (Å²) in [6.07, 6.45) is 10.2. The van der Waals surface area contributed by atoms with Crippen LogP contribution in [0.2, 0.25) is 0 Å². The van der Waals surface area contributed by atoms with E-state index in [1.165, 1.54) is 12.8 Å². The summed E-state index contributed by atoms with van der Waals surface area (Å²) in [4.78, 5) is 0. The van der Waals surface area contributed by atoms with Crippen molar-refractivity contribution in [2.24, 2.45) is 5.92 Å². The molecule has 1 nitrogen and oxygen atoms in total. The van der Waals surface area contributed by atoms with Gasteiger partial charge in [0.15, 0.2) is 0 Å². The van der Waals surface area contributed by atoms with E-state index in [0.29, 0.717) is 0 Å². The van der Waals surface area contributed by atoms with Crippen LogP contribution in [0.25, 0.3) is 0 Å². The van der Waals surface area contributed by atoms with Crippen molar-refractivity contribution in [3.8, 4) is 0 Å². The molecular weight excluding hydrogens is 136 g/mol. The average Bonchev–Trinajstić information content (AvgIpc) is 2.07. The molecular formula is C10H16O. The predicted octanol–water partition coefficient (Wildman–Crippen LogP) is 2.89. The van der Waals surface area contributed by atoms with Gasteiger partial charge in [-0.2, -0.15) is 0 Å². The molecule has 1 aliphatic carbocycles. The van der Waals surface area contributed by atoms with Crippen molar-refractivity contribution in [3.63, 3.8) is 0 Å². The smallest absolute Gasteiger partial charge is 0.114 e. The van der Waals surface area contributed by atoms with Crippen LogP contribution in [0.5, 0.6) is 0 Å². The summed E-state index contributed by atoms with van der Waals surface area (Å²) < 4.78 is 5.09. The molecule has 0 aliphatic heterocycles. The lowest BCUT2D eigenvalue weighted by Gasteiger charge is -2.13. The van der Waals surface area contributed by atoms with Crippen LogP contribution >= 0.6 is 0 Å². The van der Waals surface area contributed by atoms with Gasteiger partial charge in [-0.05, 0) is 30.9 Å². The third kappa shape index (κ3) is 2.41. The highest BCUT2D eigenvalue weighted by Crippen LogP contribution is 2.20. The summed E-state index contributed by atoms with van der Waals surface area (Å²) >= 11 is 0.